The molecule has 1 heterocycles. The van der Waals surface area contributed by atoms with Crippen LogP contribution in [0.2, 0.25) is 0 Å². The topological polar surface area (TPSA) is 78.0 Å². The summed E-state index contributed by atoms with van der Waals surface area (Å²) in [5, 5.41) is 18.0. The van der Waals surface area contributed by atoms with Crippen molar-refractivity contribution in [2.24, 2.45) is 5.92 Å². The molecule has 1 aromatic carbocycles. The lowest BCUT2D eigenvalue weighted by Crippen LogP contribution is -2.41. The lowest BCUT2D eigenvalue weighted by Gasteiger charge is -2.19. The van der Waals surface area contributed by atoms with Gasteiger partial charge in [0.2, 0.25) is 0 Å². The minimum Gasteiger partial charge on any atom is -0.394 e. The number of amides is 1. The highest BCUT2D eigenvalue weighted by Crippen LogP contribution is 2.27. The van der Waals surface area contributed by atoms with Gasteiger partial charge in [0.05, 0.1) is 35.7 Å². The summed E-state index contributed by atoms with van der Waals surface area (Å²) < 4.78 is 27.7. The molecular weight excluding hydrogens is 292 g/mol. The molecule has 22 heavy (non-hydrogen) atoms. The van der Waals surface area contributed by atoms with Crippen molar-refractivity contribution in [2.45, 2.75) is 19.9 Å². The van der Waals surface area contributed by atoms with Crippen molar-refractivity contribution in [1.29, 1.82) is 0 Å². The molecule has 0 aliphatic carbocycles. The quantitative estimate of drug-likeness (QED) is 0.791. The van der Waals surface area contributed by atoms with Gasteiger partial charge in [-0.2, -0.15) is 5.10 Å². The van der Waals surface area contributed by atoms with Crippen molar-refractivity contribution in [3.63, 3.8) is 0 Å². The van der Waals surface area contributed by atoms with Gasteiger partial charge in [0.25, 0.3) is 5.91 Å². The molecule has 1 amide bonds. The minimum absolute atomic E-state index is 0.00879. The predicted molar refractivity (Wildman–Crippen MR) is 77.1 cm³/mol. The Morgan fingerprint density at radius 2 is 2.00 bits per heavy atom. The first kappa shape index (κ1) is 16.1. The number of carbonyl (C=O) groups is 1. The van der Waals surface area contributed by atoms with Crippen LogP contribution < -0.4 is 5.32 Å². The van der Waals surface area contributed by atoms with Crippen molar-refractivity contribution in [1.82, 2.24) is 15.5 Å². The van der Waals surface area contributed by atoms with E-state index in [1.54, 1.807) is 0 Å². The highest BCUT2D eigenvalue weighted by atomic mass is 19.1. The average Bonchev–Trinajstić information content (AvgIpc) is 2.93. The van der Waals surface area contributed by atoms with Crippen LogP contribution in [0, 0.1) is 17.6 Å². The third-order valence-electron chi connectivity index (χ3n) is 3.41. The highest BCUT2D eigenvalue weighted by Gasteiger charge is 2.23. The van der Waals surface area contributed by atoms with Crippen LogP contribution >= 0.6 is 0 Å². The molecule has 3 N–H and O–H groups in total. The van der Waals surface area contributed by atoms with E-state index in [0.717, 1.165) is 12.1 Å². The smallest absolute Gasteiger partial charge is 0.255 e. The Morgan fingerprint density at radius 1 is 1.36 bits per heavy atom. The first-order chi connectivity index (χ1) is 10.5. The Morgan fingerprint density at radius 3 is 2.55 bits per heavy atom. The lowest BCUT2D eigenvalue weighted by molar-refractivity contribution is 0.0897. The normalized spacial score (nSPS) is 12.5. The summed E-state index contributed by atoms with van der Waals surface area (Å²) >= 11 is 0. The second kappa shape index (κ2) is 6.65. The van der Waals surface area contributed by atoms with E-state index in [0.29, 0.717) is 0 Å². The number of H-pyrrole nitrogens is 1. The molecule has 0 bridgehead atoms. The Bertz CT molecular complexity index is 650. The highest BCUT2D eigenvalue weighted by molar-refractivity contribution is 6.00. The molecule has 2 rings (SSSR count). The van der Waals surface area contributed by atoms with Gasteiger partial charge in [0, 0.05) is 0 Å². The van der Waals surface area contributed by atoms with E-state index < -0.39 is 23.6 Å². The summed E-state index contributed by atoms with van der Waals surface area (Å²) in [5.74, 6) is -2.13. The molecule has 0 unspecified atom stereocenters. The van der Waals surface area contributed by atoms with E-state index in [9.17, 15) is 18.7 Å². The zero-order valence-electron chi connectivity index (χ0n) is 12.2. The van der Waals surface area contributed by atoms with Crippen molar-refractivity contribution < 1.29 is 18.7 Å². The number of aliphatic hydroxyl groups is 1. The average molecular weight is 309 g/mol. The zero-order chi connectivity index (χ0) is 16.3. The summed E-state index contributed by atoms with van der Waals surface area (Å²) in [6, 6.07) is 2.99. The maximum absolute atomic E-state index is 13.9. The number of halogens is 2. The molecule has 0 fully saturated rings. The second-order valence-electron chi connectivity index (χ2n) is 5.26. The van der Waals surface area contributed by atoms with Crippen LogP contribution in [0.4, 0.5) is 8.78 Å². The van der Waals surface area contributed by atoms with Gasteiger partial charge in [-0.25, -0.2) is 8.78 Å². The van der Waals surface area contributed by atoms with Crippen LogP contribution in [0.15, 0.2) is 24.4 Å². The van der Waals surface area contributed by atoms with E-state index in [2.05, 4.69) is 15.5 Å². The first-order valence-corrected chi connectivity index (χ1v) is 6.85. The standard InChI is InChI=1S/C15H17F2N3O2/c1-8(2)12(7-21)19-15(22)9-6-18-20-14(9)13-10(16)4-3-5-11(13)17/h3-6,8,12,21H,7H2,1-2H3,(H,18,20)(H,19,22)/t12-/m1/s1. The fourth-order valence-electron chi connectivity index (χ4n) is 2.05. The Balaban J connectivity index is 2.36. The van der Waals surface area contributed by atoms with Crippen molar-refractivity contribution in [3.05, 3.63) is 41.6 Å². The SMILES string of the molecule is CC(C)[C@@H](CO)NC(=O)c1cn[nH]c1-c1c(F)cccc1F. The molecule has 1 aromatic heterocycles. The summed E-state index contributed by atoms with van der Waals surface area (Å²) in [7, 11) is 0. The monoisotopic (exact) mass is 309 g/mol. The molecule has 5 nitrogen and oxygen atoms in total. The van der Waals surface area contributed by atoms with Gasteiger partial charge >= 0.3 is 0 Å². The number of aliphatic hydroxyl groups excluding tert-OH is 1. The molecule has 1 atom stereocenters. The number of hydrogen-bond donors (Lipinski definition) is 3. The Hall–Kier alpha value is -2.28. The largest absolute Gasteiger partial charge is 0.394 e. The van der Waals surface area contributed by atoms with Gasteiger partial charge < -0.3 is 10.4 Å². The van der Waals surface area contributed by atoms with E-state index >= 15 is 0 Å². The third-order valence-corrected chi connectivity index (χ3v) is 3.41. The van der Waals surface area contributed by atoms with Gasteiger partial charge in [0.1, 0.15) is 11.6 Å². The molecule has 0 aliphatic rings. The summed E-state index contributed by atoms with van der Waals surface area (Å²) in [5.41, 5.74) is -0.355. The number of aromatic nitrogens is 2. The number of aromatic amines is 1. The van der Waals surface area contributed by atoms with Crippen LogP contribution in [0.25, 0.3) is 11.3 Å². The van der Waals surface area contributed by atoms with Crippen LogP contribution in [-0.2, 0) is 0 Å². The van der Waals surface area contributed by atoms with Crippen LogP contribution in [0.3, 0.4) is 0 Å². The number of rotatable bonds is 5. The Kier molecular flexibility index (Phi) is 4.87. The van der Waals surface area contributed by atoms with Crippen LogP contribution in [-0.4, -0.2) is 33.9 Å². The molecule has 0 saturated carbocycles. The van der Waals surface area contributed by atoms with E-state index in [-0.39, 0.29) is 29.3 Å². The first-order valence-electron chi connectivity index (χ1n) is 6.85. The maximum Gasteiger partial charge on any atom is 0.255 e. The summed E-state index contributed by atoms with van der Waals surface area (Å²) in [4.78, 5) is 12.3. The van der Waals surface area contributed by atoms with E-state index in [1.807, 2.05) is 13.8 Å². The fraction of sp³-hybridized carbons (Fsp3) is 0.333. The molecule has 0 radical (unpaired) electrons. The minimum atomic E-state index is -0.791. The van der Waals surface area contributed by atoms with Crippen LogP contribution in [0.5, 0.6) is 0 Å². The molecule has 2 aromatic rings. The number of carbonyl (C=O) groups excluding carboxylic acids is 1. The molecule has 0 aliphatic heterocycles. The molecular formula is C15H17F2N3O2. The number of hydrogen-bond acceptors (Lipinski definition) is 3. The van der Waals surface area contributed by atoms with Crippen LogP contribution in [0.1, 0.15) is 24.2 Å². The van der Waals surface area contributed by atoms with Crippen molar-refractivity contribution in [3.8, 4) is 11.3 Å². The number of nitrogens with one attached hydrogen (secondary N) is 2. The second-order valence-corrected chi connectivity index (χ2v) is 5.26. The fourth-order valence-corrected chi connectivity index (χ4v) is 2.05. The lowest BCUT2D eigenvalue weighted by atomic mass is 10.0. The van der Waals surface area contributed by atoms with E-state index in [4.69, 9.17) is 0 Å². The van der Waals surface area contributed by atoms with Crippen molar-refractivity contribution >= 4 is 5.91 Å². The Labute approximate surface area is 126 Å². The van der Waals surface area contributed by atoms with Gasteiger partial charge in [-0.05, 0) is 18.1 Å². The molecule has 118 valence electrons. The molecule has 7 heteroatoms. The predicted octanol–water partition coefficient (Wildman–Crippen LogP) is 2.10. The molecule has 0 saturated heterocycles. The van der Waals surface area contributed by atoms with Crippen molar-refractivity contribution in [2.75, 3.05) is 6.61 Å². The third kappa shape index (κ3) is 3.14. The molecule has 0 spiro atoms. The van der Waals surface area contributed by atoms with Gasteiger partial charge in [-0.3, -0.25) is 9.89 Å². The van der Waals surface area contributed by atoms with Gasteiger partial charge in [-0.1, -0.05) is 19.9 Å². The van der Waals surface area contributed by atoms with E-state index in [1.165, 1.54) is 12.3 Å². The summed E-state index contributed by atoms with van der Waals surface area (Å²) in [6.45, 7) is 3.45. The van der Waals surface area contributed by atoms with Gasteiger partial charge in [-0.15, -0.1) is 0 Å². The maximum atomic E-state index is 13.9. The summed E-state index contributed by atoms with van der Waals surface area (Å²) in [6.07, 6.45) is 1.20. The zero-order valence-corrected chi connectivity index (χ0v) is 12.2. The number of benzene rings is 1. The number of nitrogens with zero attached hydrogens (tertiary/aromatic N) is 1. The van der Waals surface area contributed by atoms with Gasteiger partial charge in [0.15, 0.2) is 0 Å².